The molecule has 1 atom stereocenters. The monoisotopic (exact) mass is 450 g/mol. The first kappa shape index (κ1) is 20.5. The van der Waals surface area contributed by atoms with Gasteiger partial charge in [-0.1, -0.05) is 11.3 Å². The van der Waals surface area contributed by atoms with Crippen molar-refractivity contribution < 1.29 is 17.6 Å². The maximum Gasteiger partial charge on any atom is 0.416 e. The molecule has 9 heteroatoms. The van der Waals surface area contributed by atoms with E-state index >= 15 is 0 Å². The van der Waals surface area contributed by atoms with Gasteiger partial charge in [-0.05, 0) is 54.8 Å². The van der Waals surface area contributed by atoms with Gasteiger partial charge in [0.15, 0.2) is 4.80 Å². The summed E-state index contributed by atoms with van der Waals surface area (Å²) in [7, 11) is 0. The van der Waals surface area contributed by atoms with Crippen LogP contribution in [-0.2, 0) is 12.6 Å². The fourth-order valence-corrected chi connectivity index (χ4v) is 5.80. The molecule has 31 heavy (non-hydrogen) atoms. The molecule has 1 saturated heterocycles. The van der Waals surface area contributed by atoms with E-state index in [4.69, 9.17) is 5.41 Å². The molecule has 3 aromatic rings. The number of thiazole rings is 1. The molecule has 164 valence electrons. The van der Waals surface area contributed by atoms with E-state index in [1.807, 2.05) is 4.57 Å². The number of aryl methyl sites for hydroxylation is 1. The van der Waals surface area contributed by atoms with Crippen LogP contribution >= 0.6 is 11.3 Å². The number of piperazine rings is 1. The average molecular weight is 451 g/mol. The highest BCUT2D eigenvalue weighted by Gasteiger charge is 2.34. The van der Waals surface area contributed by atoms with Gasteiger partial charge in [0.2, 0.25) is 0 Å². The van der Waals surface area contributed by atoms with E-state index in [1.54, 1.807) is 12.1 Å². The molecule has 2 aromatic carbocycles. The maximum absolute atomic E-state index is 13.2. The van der Waals surface area contributed by atoms with Crippen LogP contribution in [0.4, 0.5) is 23.2 Å². The van der Waals surface area contributed by atoms with Gasteiger partial charge in [-0.15, -0.1) is 0 Å². The van der Waals surface area contributed by atoms with Gasteiger partial charge in [-0.2, -0.15) is 13.2 Å². The molecule has 0 amide bonds. The van der Waals surface area contributed by atoms with E-state index in [9.17, 15) is 17.6 Å². The number of hydrogen-bond acceptors (Lipinski definition) is 4. The van der Waals surface area contributed by atoms with Crippen molar-refractivity contribution >= 4 is 27.2 Å². The number of aromatic nitrogens is 1. The summed E-state index contributed by atoms with van der Waals surface area (Å²) >= 11 is 1.12. The van der Waals surface area contributed by atoms with Crippen LogP contribution in [-0.4, -0.2) is 42.2 Å². The van der Waals surface area contributed by atoms with Gasteiger partial charge in [0, 0.05) is 44.5 Å². The average Bonchev–Trinajstić information content (AvgIpc) is 3.08. The van der Waals surface area contributed by atoms with Gasteiger partial charge < -0.3 is 9.47 Å². The second kappa shape index (κ2) is 7.63. The minimum absolute atomic E-state index is 0.0860. The van der Waals surface area contributed by atoms with E-state index in [1.165, 1.54) is 24.3 Å². The van der Waals surface area contributed by atoms with Crippen molar-refractivity contribution in [3.8, 4) is 0 Å². The number of rotatable bonds is 3. The van der Waals surface area contributed by atoms with Crippen molar-refractivity contribution in [1.29, 1.82) is 5.41 Å². The van der Waals surface area contributed by atoms with E-state index in [0.29, 0.717) is 21.5 Å². The topological polar surface area (TPSA) is 35.3 Å². The molecule has 5 rings (SSSR count). The van der Waals surface area contributed by atoms with E-state index in [2.05, 4.69) is 9.80 Å². The Labute approximate surface area is 180 Å². The summed E-state index contributed by atoms with van der Waals surface area (Å²) in [5.74, 6) is -0.243. The Morgan fingerprint density at radius 1 is 1.03 bits per heavy atom. The van der Waals surface area contributed by atoms with Crippen LogP contribution in [0.5, 0.6) is 0 Å². The van der Waals surface area contributed by atoms with Crippen molar-refractivity contribution in [2.45, 2.75) is 25.1 Å². The number of alkyl halides is 3. The minimum Gasteiger partial charge on any atom is -0.369 e. The third-order valence-corrected chi connectivity index (χ3v) is 7.21. The maximum atomic E-state index is 13.2. The van der Waals surface area contributed by atoms with Gasteiger partial charge in [0.05, 0.1) is 15.8 Å². The SMILES string of the molecule is N=c1sc2cc(C(F)(F)F)cc3c2n1C(CN1CCN(c2ccc(F)cc2)CC1)CC3. The number of halogens is 4. The molecule has 1 unspecified atom stereocenters. The van der Waals surface area contributed by atoms with E-state index in [-0.39, 0.29) is 11.9 Å². The molecule has 0 bridgehead atoms. The Hall–Kier alpha value is -2.39. The number of nitrogens with zero attached hydrogens (tertiary/aromatic N) is 3. The van der Waals surface area contributed by atoms with Gasteiger partial charge in [0.1, 0.15) is 5.82 Å². The summed E-state index contributed by atoms with van der Waals surface area (Å²) in [6.45, 7) is 4.16. The molecule has 1 aromatic heterocycles. The largest absolute Gasteiger partial charge is 0.416 e. The van der Waals surface area contributed by atoms with Crippen molar-refractivity contribution in [2.24, 2.45) is 0 Å². The Morgan fingerprint density at radius 2 is 1.74 bits per heavy atom. The lowest BCUT2D eigenvalue weighted by atomic mass is 9.96. The molecule has 2 aliphatic heterocycles. The lowest BCUT2D eigenvalue weighted by molar-refractivity contribution is -0.137. The predicted octanol–water partition coefficient (Wildman–Crippen LogP) is 4.65. The van der Waals surface area contributed by atoms with Gasteiger partial charge in [0.25, 0.3) is 0 Å². The first-order valence-electron chi connectivity index (χ1n) is 10.3. The highest BCUT2D eigenvalue weighted by molar-refractivity contribution is 7.16. The van der Waals surface area contributed by atoms with Crippen LogP contribution < -0.4 is 9.70 Å². The van der Waals surface area contributed by atoms with Crippen LogP contribution in [0.3, 0.4) is 0 Å². The van der Waals surface area contributed by atoms with Gasteiger partial charge in [-0.3, -0.25) is 10.3 Å². The number of hydrogen-bond donors (Lipinski definition) is 1. The van der Waals surface area contributed by atoms with Crippen LogP contribution in [0.15, 0.2) is 36.4 Å². The summed E-state index contributed by atoms with van der Waals surface area (Å²) in [5.41, 5.74) is 1.87. The molecule has 0 spiro atoms. The van der Waals surface area contributed by atoms with Crippen LogP contribution in [0, 0.1) is 11.2 Å². The third kappa shape index (κ3) is 3.85. The highest BCUT2D eigenvalue weighted by atomic mass is 32.1. The molecule has 3 heterocycles. The van der Waals surface area contributed by atoms with Gasteiger partial charge >= 0.3 is 6.18 Å². The lowest BCUT2D eigenvalue weighted by Crippen LogP contribution is -2.48. The predicted molar refractivity (Wildman–Crippen MR) is 113 cm³/mol. The Bertz CT molecular complexity index is 1160. The number of nitrogens with one attached hydrogen (secondary N) is 1. The zero-order chi connectivity index (χ0) is 21.8. The van der Waals surface area contributed by atoms with E-state index < -0.39 is 11.7 Å². The molecule has 0 aliphatic carbocycles. The standard InChI is InChI=1S/C22H22F4N4S/c23-16-2-5-17(6-3-16)29-9-7-28(8-10-29)13-18-4-1-14-11-15(22(24,25)26)12-19-20(14)30(18)21(27)31-19/h2-3,5-6,11-12,18,27H,1,4,7-10,13H2. The second-order valence-corrected chi connectivity index (χ2v) is 9.24. The molecular weight excluding hydrogens is 428 g/mol. The lowest BCUT2D eigenvalue weighted by Gasteiger charge is -2.38. The van der Waals surface area contributed by atoms with E-state index in [0.717, 1.165) is 61.7 Å². The Morgan fingerprint density at radius 3 is 2.42 bits per heavy atom. The molecule has 1 N–H and O–H groups in total. The van der Waals surface area contributed by atoms with Crippen molar-refractivity contribution in [1.82, 2.24) is 9.47 Å². The zero-order valence-electron chi connectivity index (χ0n) is 16.8. The van der Waals surface area contributed by atoms with Crippen LogP contribution in [0.2, 0.25) is 0 Å². The second-order valence-electron chi connectivity index (χ2n) is 8.21. The fourth-order valence-electron chi connectivity index (χ4n) is 4.74. The summed E-state index contributed by atoms with van der Waals surface area (Å²) in [5, 5.41) is 8.41. The first-order chi connectivity index (χ1) is 14.8. The fraction of sp³-hybridized carbons (Fsp3) is 0.409. The molecular formula is C22H22F4N4S. The van der Waals surface area contributed by atoms with Crippen LogP contribution in [0.25, 0.3) is 10.2 Å². The zero-order valence-corrected chi connectivity index (χ0v) is 17.6. The smallest absolute Gasteiger partial charge is 0.369 e. The summed E-state index contributed by atoms with van der Waals surface area (Å²) in [6, 6.07) is 9.05. The van der Waals surface area contributed by atoms with Crippen molar-refractivity contribution in [3.05, 3.63) is 58.1 Å². The summed E-state index contributed by atoms with van der Waals surface area (Å²) in [4.78, 5) is 4.90. The summed E-state index contributed by atoms with van der Waals surface area (Å²) < 4.78 is 55.4. The van der Waals surface area contributed by atoms with Gasteiger partial charge in [-0.25, -0.2) is 4.39 Å². The third-order valence-electron chi connectivity index (χ3n) is 6.29. The minimum atomic E-state index is -4.37. The first-order valence-corrected chi connectivity index (χ1v) is 11.1. The van der Waals surface area contributed by atoms with Crippen molar-refractivity contribution in [2.75, 3.05) is 37.6 Å². The normalized spacial score (nSPS) is 19.9. The van der Waals surface area contributed by atoms with Crippen LogP contribution in [0.1, 0.15) is 23.6 Å². The quantitative estimate of drug-likeness (QED) is 0.590. The Kier molecular flexibility index (Phi) is 5.05. The highest BCUT2D eigenvalue weighted by Crippen LogP contribution is 2.38. The Balaban J connectivity index is 1.33. The molecule has 4 nitrogen and oxygen atoms in total. The molecule has 0 saturated carbocycles. The molecule has 0 radical (unpaired) electrons. The molecule has 1 fully saturated rings. The molecule has 2 aliphatic rings. The number of anilines is 1. The number of benzene rings is 2. The van der Waals surface area contributed by atoms with Crippen molar-refractivity contribution in [3.63, 3.8) is 0 Å². The summed E-state index contributed by atoms with van der Waals surface area (Å²) in [6.07, 6.45) is -3.05.